The van der Waals surface area contributed by atoms with E-state index in [1.54, 1.807) is 13.0 Å². The van der Waals surface area contributed by atoms with Crippen molar-refractivity contribution in [2.45, 2.75) is 19.3 Å². The summed E-state index contributed by atoms with van der Waals surface area (Å²) in [6.45, 7) is 3.65. The van der Waals surface area contributed by atoms with E-state index in [-0.39, 0.29) is 11.5 Å². The number of hydrogen-bond acceptors (Lipinski definition) is 3. The standard InChI is InChI=1S/C11H15NO2/c1-7-10(13)3-2-9(11(7)14)8-4-5-12-6-8/h2-3,8,12-14H,4-6H2,1H3. The quantitative estimate of drug-likeness (QED) is 0.633. The van der Waals surface area contributed by atoms with Gasteiger partial charge in [0.1, 0.15) is 11.5 Å². The van der Waals surface area contributed by atoms with Crippen molar-refractivity contribution >= 4 is 0 Å². The molecule has 1 aliphatic rings. The van der Waals surface area contributed by atoms with E-state index in [0.717, 1.165) is 25.1 Å². The van der Waals surface area contributed by atoms with Gasteiger partial charge >= 0.3 is 0 Å². The van der Waals surface area contributed by atoms with E-state index in [4.69, 9.17) is 0 Å². The first-order chi connectivity index (χ1) is 6.70. The van der Waals surface area contributed by atoms with Crippen LogP contribution in [0.3, 0.4) is 0 Å². The monoisotopic (exact) mass is 193 g/mol. The predicted octanol–water partition coefficient (Wildman–Crippen LogP) is 1.48. The van der Waals surface area contributed by atoms with Gasteiger partial charge in [0.2, 0.25) is 0 Å². The van der Waals surface area contributed by atoms with Gasteiger partial charge in [-0.2, -0.15) is 0 Å². The number of nitrogens with one attached hydrogen (secondary N) is 1. The fraction of sp³-hybridized carbons (Fsp3) is 0.455. The van der Waals surface area contributed by atoms with Crippen molar-refractivity contribution in [3.8, 4) is 11.5 Å². The van der Waals surface area contributed by atoms with Crippen LogP contribution in [-0.2, 0) is 0 Å². The fourth-order valence-electron chi connectivity index (χ4n) is 1.96. The van der Waals surface area contributed by atoms with E-state index < -0.39 is 0 Å². The van der Waals surface area contributed by atoms with Gasteiger partial charge in [-0.3, -0.25) is 0 Å². The molecule has 14 heavy (non-hydrogen) atoms. The molecule has 76 valence electrons. The van der Waals surface area contributed by atoms with Gasteiger partial charge in [-0.1, -0.05) is 6.07 Å². The molecule has 0 amide bonds. The molecule has 0 spiro atoms. The second-order valence-electron chi connectivity index (χ2n) is 3.84. The van der Waals surface area contributed by atoms with E-state index in [1.165, 1.54) is 0 Å². The first-order valence-electron chi connectivity index (χ1n) is 4.92. The Balaban J connectivity index is 2.38. The third kappa shape index (κ3) is 1.44. The highest BCUT2D eigenvalue weighted by atomic mass is 16.3. The summed E-state index contributed by atoms with van der Waals surface area (Å²) in [6.07, 6.45) is 1.05. The Hall–Kier alpha value is -1.22. The summed E-state index contributed by atoms with van der Waals surface area (Å²) < 4.78 is 0. The number of benzene rings is 1. The Kier molecular flexibility index (Phi) is 2.33. The third-order valence-corrected chi connectivity index (χ3v) is 2.93. The minimum atomic E-state index is 0.164. The lowest BCUT2D eigenvalue weighted by molar-refractivity contribution is 0.435. The van der Waals surface area contributed by atoms with Gasteiger partial charge < -0.3 is 15.5 Å². The average Bonchev–Trinajstić information content (AvgIpc) is 2.67. The number of phenolic OH excluding ortho intramolecular Hbond substituents is 2. The van der Waals surface area contributed by atoms with Crippen LogP contribution < -0.4 is 5.32 Å². The second kappa shape index (κ2) is 3.50. The van der Waals surface area contributed by atoms with Crippen molar-refractivity contribution in [2.75, 3.05) is 13.1 Å². The van der Waals surface area contributed by atoms with Crippen LogP contribution in [-0.4, -0.2) is 23.3 Å². The molecule has 1 heterocycles. The second-order valence-corrected chi connectivity index (χ2v) is 3.84. The molecule has 1 saturated heterocycles. The van der Waals surface area contributed by atoms with Gasteiger partial charge in [0.25, 0.3) is 0 Å². The summed E-state index contributed by atoms with van der Waals surface area (Å²) in [6, 6.07) is 3.47. The van der Waals surface area contributed by atoms with E-state index in [0.29, 0.717) is 11.5 Å². The molecule has 1 aromatic carbocycles. The van der Waals surface area contributed by atoms with Gasteiger partial charge in [-0.05, 0) is 31.5 Å². The summed E-state index contributed by atoms with van der Waals surface area (Å²) in [5.74, 6) is 0.796. The maximum absolute atomic E-state index is 9.85. The first-order valence-corrected chi connectivity index (χ1v) is 4.92. The lowest BCUT2D eigenvalue weighted by Crippen LogP contribution is -2.08. The van der Waals surface area contributed by atoms with Crippen LogP contribution >= 0.6 is 0 Å². The molecule has 0 bridgehead atoms. The minimum absolute atomic E-state index is 0.164. The molecule has 0 radical (unpaired) electrons. The van der Waals surface area contributed by atoms with Crippen LogP contribution in [0.5, 0.6) is 11.5 Å². The van der Waals surface area contributed by atoms with Crippen LogP contribution in [0.15, 0.2) is 12.1 Å². The average molecular weight is 193 g/mol. The zero-order valence-electron chi connectivity index (χ0n) is 8.25. The zero-order valence-corrected chi connectivity index (χ0v) is 8.25. The molecule has 1 unspecified atom stereocenters. The van der Waals surface area contributed by atoms with Crippen LogP contribution in [0.2, 0.25) is 0 Å². The van der Waals surface area contributed by atoms with Gasteiger partial charge in [-0.15, -0.1) is 0 Å². The number of rotatable bonds is 1. The topological polar surface area (TPSA) is 52.5 Å². The van der Waals surface area contributed by atoms with Crippen molar-refractivity contribution < 1.29 is 10.2 Å². The van der Waals surface area contributed by atoms with Gasteiger partial charge in [-0.25, -0.2) is 0 Å². The zero-order chi connectivity index (χ0) is 10.1. The Bertz CT molecular complexity index is 343. The maximum atomic E-state index is 9.85. The van der Waals surface area contributed by atoms with E-state index >= 15 is 0 Å². The molecule has 3 N–H and O–H groups in total. The molecule has 0 aromatic heterocycles. The highest BCUT2D eigenvalue weighted by Crippen LogP contribution is 2.36. The molecule has 3 heteroatoms. The number of phenols is 2. The Morgan fingerprint density at radius 2 is 2.14 bits per heavy atom. The van der Waals surface area contributed by atoms with E-state index in [9.17, 15) is 10.2 Å². The Morgan fingerprint density at radius 1 is 1.36 bits per heavy atom. The fourth-order valence-corrected chi connectivity index (χ4v) is 1.96. The van der Waals surface area contributed by atoms with Crippen LogP contribution in [0, 0.1) is 6.92 Å². The summed E-state index contributed by atoms with van der Waals surface area (Å²) in [5, 5.41) is 22.5. The van der Waals surface area contributed by atoms with Crippen molar-refractivity contribution in [3.63, 3.8) is 0 Å². The molecule has 2 rings (SSSR count). The van der Waals surface area contributed by atoms with E-state index in [2.05, 4.69) is 5.32 Å². The van der Waals surface area contributed by atoms with Crippen molar-refractivity contribution in [2.24, 2.45) is 0 Å². The third-order valence-electron chi connectivity index (χ3n) is 2.93. The molecule has 1 atom stereocenters. The lowest BCUT2D eigenvalue weighted by atomic mass is 9.95. The van der Waals surface area contributed by atoms with E-state index in [1.807, 2.05) is 6.07 Å². The highest BCUT2D eigenvalue weighted by Gasteiger charge is 2.21. The smallest absolute Gasteiger partial charge is 0.125 e. The molecule has 1 aliphatic heterocycles. The largest absolute Gasteiger partial charge is 0.508 e. The molecule has 0 aliphatic carbocycles. The number of hydrogen-bond donors (Lipinski definition) is 3. The van der Waals surface area contributed by atoms with Gasteiger partial charge in [0, 0.05) is 18.0 Å². The first kappa shape index (κ1) is 9.34. The Labute approximate surface area is 83.4 Å². The van der Waals surface area contributed by atoms with Gasteiger partial charge in [0.15, 0.2) is 0 Å². The van der Waals surface area contributed by atoms with Crippen molar-refractivity contribution in [1.82, 2.24) is 5.32 Å². The van der Waals surface area contributed by atoms with Crippen LogP contribution in [0.4, 0.5) is 0 Å². The molecule has 1 aromatic rings. The highest BCUT2D eigenvalue weighted by molar-refractivity contribution is 5.49. The normalized spacial score (nSPS) is 21.4. The molecular formula is C11H15NO2. The van der Waals surface area contributed by atoms with Crippen LogP contribution in [0.25, 0.3) is 0 Å². The number of aromatic hydroxyl groups is 2. The predicted molar refractivity (Wildman–Crippen MR) is 54.7 cm³/mol. The molecule has 0 saturated carbocycles. The molecule has 1 fully saturated rings. The van der Waals surface area contributed by atoms with Crippen molar-refractivity contribution in [3.05, 3.63) is 23.3 Å². The minimum Gasteiger partial charge on any atom is -0.508 e. The maximum Gasteiger partial charge on any atom is 0.125 e. The van der Waals surface area contributed by atoms with Crippen molar-refractivity contribution in [1.29, 1.82) is 0 Å². The SMILES string of the molecule is Cc1c(O)ccc(C2CCNC2)c1O. The molecular weight excluding hydrogens is 178 g/mol. The lowest BCUT2D eigenvalue weighted by Gasteiger charge is -2.13. The summed E-state index contributed by atoms with van der Waals surface area (Å²) in [4.78, 5) is 0. The summed E-state index contributed by atoms with van der Waals surface area (Å²) in [7, 11) is 0. The summed E-state index contributed by atoms with van der Waals surface area (Å²) >= 11 is 0. The molecule has 3 nitrogen and oxygen atoms in total. The summed E-state index contributed by atoms with van der Waals surface area (Å²) in [5.41, 5.74) is 1.53. The van der Waals surface area contributed by atoms with Crippen LogP contribution in [0.1, 0.15) is 23.5 Å². The van der Waals surface area contributed by atoms with Gasteiger partial charge in [0.05, 0.1) is 0 Å². The Morgan fingerprint density at radius 3 is 2.79 bits per heavy atom.